The average Bonchev–Trinajstić information content (AvgIpc) is 2.34. The number of hydrogen-bond donors (Lipinski definition) is 2. The quantitative estimate of drug-likeness (QED) is 0.658. The van der Waals surface area contributed by atoms with Crippen molar-refractivity contribution in [1.29, 1.82) is 0 Å². The van der Waals surface area contributed by atoms with Crippen LogP contribution in [0.1, 0.15) is 38.8 Å². The summed E-state index contributed by atoms with van der Waals surface area (Å²) >= 11 is 0. The van der Waals surface area contributed by atoms with Gasteiger partial charge in [-0.3, -0.25) is 10.3 Å². The maximum atomic E-state index is 11.6. The molecule has 110 valence electrons. The maximum absolute atomic E-state index is 11.6. The molecule has 0 aliphatic rings. The highest BCUT2D eigenvalue weighted by molar-refractivity contribution is 5.93. The van der Waals surface area contributed by atoms with Gasteiger partial charge in [0, 0.05) is 6.54 Å². The molecule has 0 aromatic heterocycles. The smallest absolute Gasteiger partial charge is 0.413 e. The van der Waals surface area contributed by atoms with Gasteiger partial charge in [0.1, 0.15) is 11.4 Å². The molecular weight excluding hydrogens is 254 g/mol. The van der Waals surface area contributed by atoms with Gasteiger partial charge in [-0.15, -0.1) is 0 Å². The molecule has 1 rings (SSSR count). The highest BCUT2D eigenvalue weighted by Gasteiger charge is 2.16. The number of rotatable bonds is 3. The van der Waals surface area contributed by atoms with E-state index in [0.29, 0.717) is 18.9 Å². The van der Waals surface area contributed by atoms with Gasteiger partial charge in [-0.2, -0.15) is 0 Å². The predicted molar refractivity (Wildman–Crippen MR) is 80.5 cm³/mol. The SMILES string of the molecule is CC(=NCc1cccc(CN)c1)NC(=O)OC(C)(C)C. The summed E-state index contributed by atoms with van der Waals surface area (Å²) in [5.41, 5.74) is 7.20. The van der Waals surface area contributed by atoms with Gasteiger partial charge in [0.25, 0.3) is 0 Å². The van der Waals surface area contributed by atoms with Gasteiger partial charge >= 0.3 is 6.09 Å². The summed E-state index contributed by atoms with van der Waals surface area (Å²) in [4.78, 5) is 15.9. The van der Waals surface area contributed by atoms with Crippen LogP contribution in [0.25, 0.3) is 0 Å². The minimum atomic E-state index is -0.514. The second-order valence-electron chi connectivity index (χ2n) is 5.55. The highest BCUT2D eigenvalue weighted by Crippen LogP contribution is 2.07. The fourth-order valence-corrected chi connectivity index (χ4v) is 1.56. The molecule has 1 aromatic rings. The van der Waals surface area contributed by atoms with Crippen molar-refractivity contribution in [2.45, 2.75) is 46.4 Å². The van der Waals surface area contributed by atoms with Gasteiger partial charge in [0.15, 0.2) is 0 Å². The normalized spacial score (nSPS) is 12.2. The van der Waals surface area contributed by atoms with Crippen molar-refractivity contribution in [2.24, 2.45) is 10.7 Å². The molecule has 0 radical (unpaired) electrons. The van der Waals surface area contributed by atoms with E-state index in [9.17, 15) is 4.79 Å². The number of benzene rings is 1. The number of hydrogen-bond acceptors (Lipinski definition) is 4. The number of nitrogens with zero attached hydrogens (tertiary/aromatic N) is 1. The van der Waals surface area contributed by atoms with Gasteiger partial charge < -0.3 is 10.5 Å². The van der Waals surface area contributed by atoms with E-state index in [2.05, 4.69) is 10.3 Å². The van der Waals surface area contributed by atoms with Gasteiger partial charge in [0.2, 0.25) is 0 Å². The Morgan fingerprint density at radius 1 is 1.35 bits per heavy atom. The van der Waals surface area contributed by atoms with E-state index in [-0.39, 0.29) is 0 Å². The summed E-state index contributed by atoms with van der Waals surface area (Å²) in [5.74, 6) is 0.525. The number of nitrogens with one attached hydrogen (secondary N) is 1. The zero-order valence-electron chi connectivity index (χ0n) is 12.6. The lowest BCUT2D eigenvalue weighted by molar-refractivity contribution is 0.0563. The van der Waals surface area contributed by atoms with E-state index in [1.165, 1.54) is 0 Å². The maximum Gasteiger partial charge on any atom is 0.413 e. The first-order valence-electron chi connectivity index (χ1n) is 6.59. The van der Waals surface area contributed by atoms with Crippen LogP contribution in [0.4, 0.5) is 4.79 Å². The third kappa shape index (κ3) is 6.33. The van der Waals surface area contributed by atoms with Crippen LogP contribution in [0, 0.1) is 0 Å². The Morgan fingerprint density at radius 3 is 2.60 bits per heavy atom. The molecule has 0 fully saturated rings. The topological polar surface area (TPSA) is 76.7 Å². The second kappa shape index (κ2) is 7.05. The largest absolute Gasteiger partial charge is 0.444 e. The first-order chi connectivity index (χ1) is 9.30. The second-order valence-corrected chi connectivity index (χ2v) is 5.55. The van der Waals surface area contributed by atoms with Crippen molar-refractivity contribution in [3.05, 3.63) is 35.4 Å². The van der Waals surface area contributed by atoms with Gasteiger partial charge in [-0.25, -0.2) is 4.79 Å². The highest BCUT2D eigenvalue weighted by atomic mass is 16.6. The Kier molecular flexibility index (Phi) is 5.70. The molecule has 0 saturated heterocycles. The molecule has 0 spiro atoms. The predicted octanol–water partition coefficient (Wildman–Crippen LogP) is 2.59. The van der Waals surface area contributed by atoms with Crippen LogP contribution in [0.2, 0.25) is 0 Å². The fraction of sp³-hybridized carbons (Fsp3) is 0.467. The molecule has 5 nitrogen and oxygen atoms in total. The van der Waals surface area contributed by atoms with Crippen LogP contribution in [-0.4, -0.2) is 17.5 Å². The molecule has 1 aromatic carbocycles. The summed E-state index contributed by atoms with van der Waals surface area (Å²) < 4.78 is 5.15. The molecule has 0 atom stereocenters. The van der Waals surface area contributed by atoms with Crippen molar-refractivity contribution in [3.8, 4) is 0 Å². The molecule has 0 bridgehead atoms. The molecule has 0 heterocycles. The van der Waals surface area contributed by atoms with Crippen molar-refractivity contribution in [2.75, 3.05) is 0 Å². The number of amidine groups is 1. The lowest BCUT2D eigenvalue weighted by Gasteiger charge is -2.19. The van der Waals surface area contributed by atoms with Crippen molar-refractivity contribution >= 4 is 11.9 Å². The van der Waals surface area contributed by atoms with E-state index in [1.54, 1.807) is 6.92 Å². The van der Waals surface area contributed by atoms with Crippen LogP contribution in [0.5, 0.6) is 0 Å². The standard InChI is InChI=1S/C15H23N3O2/c1-11(18-14(19)20-15(2,3)4)17-10-13-7-5-6-12(8-13)9-16/h5-8H,9-10,16H2,1-4H3,(H,17,18,19). The van der Waals surface area contributed by atoms with Crippen LogP contribution in [0.3, 0.4) is 0 Å². The van der Waals surface area contributed by atoms with E-state index in [0.717, 1.165) is 11.1 Å². The van der Waals surface area contributed by atoms with E-state index in [4.69, 9.17) is 10.5 Å². The Labute approximate surface area is 120 Å². The minimum Gasteiger partial charge on any atom is -0.444 e. The molecule has 3 N–H and O–H groups in total. The summed E-state index contributed by atoms with van der Waals surface area (Å²) in [5, 5.41) is 2.60. The van der Waals surface area contributed by atoms with Crippen LogP contribution < -0.4 is 11.1 Å². The number of carbonyl (C=O) groups excluding carboxylic acids is 1. The lowest BCUT2D eigenvalue weighted by atomic mass is 10.1. The summed E-state index contributed by atoms with van der Waals surface area (Å²) in [7, 11) is 0. The zero-order valence-corrected chi connectivity index (χ0v) is 12.6. The summed E-state index contributed by atoms with van der Waals surface area (Å²) in [6, 6.07) is 7.90. The Morgan fingerprint density at radius 2 is 2.00 bits per heavy atom. The van der Waals surface area contributed by atoms with E-state index >= 15 is 0 Å². The van der Waals surface area contributed by atoms with Crippen LogP contribution >= 0.6 is 0 Å². The molecule has 1 amide bonds. The third-order valence-electron chi connectivity index (χ3n) is 2.41. The van der Waals surface area contributed by atoms with E-state index in [1.807, 2.05) is 45.0 Å². The molecule has 5 heteroatoms. The molecule has 0 saturated carbocycles. The average molecular weight is 277 g/mol. The Bertz CT molecular complexity index is 490. The van der Waals surface area contributed by atoms with Crippen LogP contribution in [-0.2, 0) is 17.8 Å². The fourth-order valence-electron chi connectivity index (χ4n) is 1.56. The number of amides is 1. The number of nitrogens with two attached hydrogens (primary N) is 1. The number of carbonyl (C=O) groups is 1. The summed E-state index contributed by atoms with van der Waals surface area (Å²) in [6.07, 6.45) is -0.491. The first kappa shape index (κ1) is 16.2. The number of ether oxygens (including phenoxy) is 1. The van der Waals surface area contributed by atoms with Gasteiger partial charge in [-0.05, 0) is 38.8 Å². The zero-order chi connectivity index (χ0) is 15.2. The Balaban J connectivity index is 2.55. The number of alkyl carbamates (subject to hydrolysis) is 1. The van der Waals surface area contributed by atoms with Crippen LogP contribution in [0.15, 0.2) is 29.3 Å². The van der Waals surface area contributed by atoms with Gasteiger partial charge in [0.05, 0.1) is 6.54 Å². The third-order valence-corrected chi connectivity index (χ3v) is 2.41. The molecule has 0 aliphatic heterocycles. The minimum absolute atomic E-state index is 0.491. The Hall–Kier alpha value is -1.88. The molecular formula is C15H23N3O2. The summed E-state index contributed by atoms with van der Waals surface area (Å²) in [6.45, 7) is 8.19. The van der Waals surface area contributed by atoms with E-state index < -0.39 is 11.7 Å². The number of aliphatic imine (C=N–C) groups is 1. The van der Waals surface area contributed by atoms with Crippen molar-refractivity contribution in [1.82, 2.24) is 5.32 Å². The molecule has 0 unspecified atom stereocenters. The first-order valence-corrected chi connectivity index (χ1v) is 6.59. The van der Waals surface area contributed by atoms with Crippen molar-refractivity contribution in [3.63, 3.8) is 0 Å². The monoisotopic (exact) mass is 277 g/mol. The lowest BCUT2D eigenvalue weighted by Crippen LogP contribution is -2.35. The molecule has 20 heavy (non-hydrogen) atoms. The molecule has 0 aliphatic carbocycles. The van der Waals surface area contributed by atoms with Gasteiger partial charge in [-0.1, -0.05) is 24.3 Å². The van der Waals surface area contributed by atoms with Crippen molar-refractivity contribution < 1.29 is 9.53 Å².